The fourth-order valence-corrected chi connectivity index (χ4v) is 1.68. The predicted molar refractivity (Wildman–Crippen MR) is 72.2 cm³/mol. The number of aromatic amines is 1. The molecule has 0 saturated carbocycles. The smallest absolute Gasteiger partial charge is 0.483 e. The van der Waals surface area contributed by atoms with Gasteiger partial charge in [0.2, 0.25) is 0 Å². The first-order valence-corrected chi connectivity index (χ1v) is 8.49. The molecule has 0 spiro atoms. The quantitative estimate of drug-likeness (QED) is 0.405. The third-order valence-corrected chi connectivity index (χ3v) is 3.77. The van der Waals surface area contributed by atoms with Crippen LogP contribution in [0.4, 0.5) is 35.1 Å². The lowest BCUT2D eigenvalue weighted by molar-refractivity contribution is -0.677. The summed E-state index contributed by atoms with van der Waals surface area (Å²) < 4.78 is 127. The molecule has 0 bridgehead atoms. The number of aryl methyl sites for hydroxylation is 2. The number of unbranched alkanes of at least 4 members (excludes halogenated alkanes) is 1. The predicted octanol–water partition coefficient (Wildman–Crippen LogP) is 2.77. The molecule has 1 heterocycles. The van der Waals surface area contributed by atoms with Crippen LogP contribution in [0.25, 0.3) is 0 Å². The average Bonchev–Trinajstić information content (AvgIpc) is 2.88. The van der Waals surface area contributed by atoms with E-state index in [9.17, 15) is 48.1 Å². The molecule has 27 heavy (non-hydrogen) atoms. The van der Waals surface area contributed by atoms with Gasteiger partial charge in [-0.3, -0.25) is 4.74 Å². The normalized spacial score (nSPS) is 14.5. The van der Waals surface area contributed by atoms with Crippen LogP contribution in [0, 0.1) is 0 Å². The molecular formula is C12H16F8N2O4S. The first-order valence-electron chi connectivity index (χ1n) is 7.09. The molecule has 6 nitrogen and oxygen atoms in total. The van der Waals surface area contributed by atoms with Gasteiger partial charge < -0.3 is 4.55 Å². The van der Waals surface area contributed by atoms with Gasteiger partial charge in [0.05, 0.1) is 7.05 Å². The molecule has 0 aromatic carbocycles. The van der Waals surface area contributed by atoms with Crippen molar-refractivity contribution in [3.63, 3.8) is 0 Å². The minimum Gasteiger partial charge on any atom is -0.743 e. The Kier molecular flexibility index (Phi) is 8.64. The zero-order chi connectivity index (χ0) is 21.7. The molecule has 1 unspecified atom stereocenters. The van der Waals surface area contributed by atoms with Crippen LogP contribution in [0.5, 0.6) is 0 Å². The lowest BCUT2D eigenvalue weighted by Gasteiger charge is -2.27. The Labute approximate surface area is 148 Å². The summed E-state index contributed by atoms with van der Waals surface area (Å²) in [5.74, 6) is 1.32. The number of alkyl halides is 8. The van der Waals surface area contributed by atoms with E-state index in [1.165, 1.54) is 25.1 Å². The average molecular weight is 436 g/mol. The number of halogens is 8. The van der Waals surface area contributed by atoms with Crippen molar-refractivity contribution < 1.29 is 57.4 Å². The zero-order valence-corrected chi connectivity index (χ0v) is 14.7. The molecule has 160 valence electrons. The van der Waals surface area contributed by atoms with Gasteiger partial charge in [-0.05, 0) is 6.42 Å². The van der Waals surface area contributed by atoms with Gasteiger partial charge in [-0.15, -0.1) is 0 Å². The van der Waals surface area contributed by atoms with E-state index in [0.717, 1.165) is 0 Å². The van der Waals surface area contributed by atoms with Crippen molar-refractivity contribution in [2.45, 2.75) is 50.1 Å². The zero-order valence-electron chi connectivity index (χ0n) is 13.9. The van der Waals surface area contributed by atoms with Gasteiger partial charge >= 0.3 is 17.5 Å². The summed E-state index contributed by atoms with van der Waals surface area (Å²) in [5, 5.41) is -6.08. The largest absolute Gasteiger partial charge is 0.743 e. The van der Waals surface area contributed by atoms with Crippen LogP contribution in [0.2, 0.25) is 0 Å². The molecular weight excluding hydrogens is 420 g/mol. The van der Waals surface area contributed by atoms with E-state index in [1.54, 1.807) is 0 Å². The molecule has 0 saturated heterocycles. The Bertz CT molecular complexity index is 690. The molecule has 1 rings (SSSR count). The lowest BCUT2D eigenvalue weighted by atomic mass is 10.2. The van der Waals surface area contributed by atoms with Crippen LogP contribution in [0.15, 0.2) is 12.4 Å². The summed E-state index contributed by atoms with van der Waals surface area (Å²) in [4.78, 5) is 3.20. The number of imidazole rings is 1. The van der Waals surface area contributed by atoms with Gasteiger partial charge in [0.15, 0.2) is 10.1 Å². The maximum absolute atomic E-state index is 12.2. The minimum absolute atomic E-state index is 1.17. The number of nitrogens with zero attached hydrogens (tertiary/aromatic N) is 1. The van der Waals surface area contributed by atoms with E-state index in [-0.39, 0.29) is 0 Å². The van der Waals surface area contributed by atoms with Gasteiger partial charge in [0.25, 0.3) is 12.2 Å². The number of nitrogens with one attached hydrogen (secondary N) is 1. The molecule has 0 aliphatic carbocycles. The fourth-order valence-electron chi connectivity index (χ4n) is 1.41. The maximum atomic E-state index is 12.2. The van der Waals surface area contributed by atoms with Gasteiger partial charge in [-0.2, -0.15) is 30.7 Å². The molecule has 1 aromatic rings. The topological polar surface area (TPSA) is 86.1 Å². The molecule has 0 fully saturated rings. The van der Waals surface area contributed by atoms with Gasteiger partial charge in [-0.25, -0.2) is 22.4 Å². The molecule has 0 amide bonds. The Morgan fingerprint density at radius 1 is 1.22 bits per heavy atom. The minimum atomic E-state index is -6.80. The van der Waals surface area contributed by atoms with E-state index >= 15 is 0 Å². The number of hydrogen-bond acceptors (Lipinski definition) is 4. The van der Waals surface area contributed by atoms with Crippen molar-refractivity contribution in [2.24, 2.45) is 7.05 Å². The second-order valence-electron chi connectivity index (χ2n) is 5.09. The highest BCUT2D eigenvalue weighted by Crippen LogP contribution is 2.40. The van der Waals surface area contributed by atoms with Gasteiger partial charge in [0.1, 0.15) is 12.4 Å². The highest BCUT2D eigenvalue weighted by atomic mass is 32.2. The summed E-state index contributed by atoms with van der Waals surface area (Å²) in [6.07, 6.45) is -10.2. The second-order valence-corrected chi connectivity index (χ2v) is 6.54. The first kappa shape index (κ1) is 25.5. The lowest BCUT2D eigenvalue weighted by Crippen LogP contribution is -2.48. The monoisotopic (exact) mass is 436 g/mol. The Hall–Kier alpha value is -1.48. The highest BCUT2D eigenvalue weighted by Gasteiger charge is 2.64. The summed E-state index contributed by atoms with van der Waals surface area (Å²) in [5.41, 5.74) is 0. The van der Waals surface area contributed by atoms with Crippen LogP contribution in [-0.2, 0) is 28.3 Å². The van der Waals surface area contributed by atoms with E-state index < -0.39 is 34.0 Å². The van der Waals surface area contributed by atoms with Gasteiger partial charge in [0, 0.05) is 6.42 Å². The molecule has 15 heteroatoms. The van der Waals surface area contributed by atoms with Crippen molar-refractivity contribution in [2.75, 3.05) is 0 Å². The van der Waals surface area contributed by atoms with E-state index in [4.69, 9.17) is 0 Å². The Morgan fingerprint density at radius 3 is 2.07 bits per heavy atom. The van der Waals surface area contributed by atoms with Crippen LogP contribution in [-0.4, -0.2) is 41.9 Å². The molecule has 1 aromatic heterocycles. The molecule has 1 N–H and O–H groups in total. The summed E-state index contributed by atoms with van der Waals surface area (Å²) >= 11 is 0. The molecule has 1 atom stereocenters. The number of aromatic nitrogens is 2. The third-order valence-electron chi connectivity index (χ3n) is 2.92. The standard InChI is InChI=1S/C8H14N2.C4H2F8O4S/c1-3-4-5-8-9-6-7-10(8)2;5-1(2(6,7)17(13,14)15)16-4(11,12)3(8,9)10/h6-7H,3-5H2,1-2H3;1H,(H,13,14,15). The molecule has 0 aliphatic rings. The number of rotatable bonds is 7. The van der Waals surface area contributed by atoms with Crippen molar-refractivity contribution in [1.29, 1.82) is 0 Å². The number of ether oxygens (including phenoxy) is 1. The SMILES string of the molecule is CCCCc1[nH]cc[n+]1C.O=S(=O)([O-])C(F)(F)C(F)OC(F)(F)C(F)(F)F. The van der Waals surface area contributed by atoms with Crippen molar-refractivity contribution >= 4 is 10.1 Å². The Balaban J connectivity index is 0.000000569. The Morgan fingerprint density at radius 2 is 1.74 bits per heavy atom. The van der Waals surface area contributed by atoms with Crippen LogP contribution in [0.3, 0.4) is 0 Å². The van der Waals surface area contributed by atoms with Crippen LogP contribution < -0.4 is 4.57 Å². The van der Waals surface area contributed by atoms with Crippen molar-refractivity contribution in [3.05, 3.63) is 18.2 Å². The van der Waals surface area contributed by atoms with E-state index in [2.05, 4.69) is 23.5 Å². The highest BCUT2D eigenvalue weighted by molar-refractivity contribution is 7.86. The van der Waals surface area contributed by atoms with Crippen molar-refractivity contribution in [3.8, 4) is 0 Å². The fraction of sp³-hybridized carbons (Fsp3) is 0.750. The maximum Gasteiger partial charge on any atom is 0.483 e. The van der Waals surface area contributed by atoms with E-state index in [0.29, 0.717) is 0 Å². The van der Waals surface area contributed by atoms with E-state index in [1.807, 2.05) is 17.1 Å². The van der Waals surface area contributed by atoms with Crippen LogP contribution >= 0.6 is 0 Å². The third kappa shape index (κ3) is 7.21. The first-order chi connectivity index (χ1) is 12.0. The summed E-state index contributed by atoms with van der Waals surface area (Å²) in [6, 6.07) is 0. The molecule has 0 aliphatic heterocycles. The summed E-state index contributed by atoms with van der Waals surface area (Å²) in [7, 11) is -4.73. The second kappa shape index (κ2) is 9.14. The number of H-pyrrole nitrogens is 1. The van der Waals surface area contributed by atoms with Crippen LogP contribution in [0.1, 0.15) is 25.6 Å². The summed E-state index contributed by atoms with van der Waals surface area (Å²) in [6.45, 7) is 2.21. The molecule has 0 radical (unpaired) electrons. The van der Waals surface area contributed by atoms with Crippen molar-refractivity contribution in [1.82, 2.24) is 4.98 Å². The van der Waals surface area contributed by atoms with Gasteiger partial charge in [-0.1, -0.05) is 13.3 Å². The number of hydrogen-bond donors (Lipinski definition) is 1.